The van der Waals surface area contributed by atoms with Gasteiger partial charge in [0, 0.05) is 50.7 Å². The maximum atomic E-state index is 12.3. The molecule has 7 nitrogen and oxygen atoms in total. The lowest BCUT2D eigenvalue weighted by Gasteiger charge is -2.28. The fourth-order valence-electron chi connectivity index (χ4n) is 3.08. The van der Waals surface area contributed by atoms with Crippen molar-refractivity contribution in [2.24, 2.45) is 5.92 Å². The van der Waals surface area contributed by atoms with Crippen molar-refractivity contribution < 1.29 is 14.6 Å². The molecule has 2 atom stereocenters. The molecular formula is C15H22N4O3. The predicted molar refractivity (Wildman–Crippen MR) is 79.1 cm³/mol. The summed E-state index contributed by atoms with van der Waals surface area (Å²) in [6, 6.07) is 0. The van der Waals surface area contributed by atoms with E-state index in [1.54, 1.807) is 18.6 Å². The van der Waals surface area contributed by atoms with E-state index in [9.17, 15) is 9.90 Å². The van der Waals surface area contributed by atoms with Crippen LogP contribution in [0.4, 0.5) is 0 Å². The molecule has 1 N–H and O–H groups in total. The van der Waals surface area contributed by atoms with E-state index >= 15 is 0 Å². The van der Waals surface area contributed by atoms with E-state index in [4.69, 9.17) is 4.74 Å². The number of β-amino-alcohol motifs (C(OH)–C–C–N with tert-alkyl or cyclic N) is 1. The van der Waals surface area contributed by atoms with E-state index in [0.717, 1.165) is 5.69 Å². The third-order valence-electron chi connectivity index (χ3n) is 4.29. The number of morpholine rings is 1. The van der Waals surface area contributed by atoms with Crippen LogP contribution in [0.5, 0.6) is 0 Å². The highest BCUT2D eigenvalue weighted by Gasteiger charge is 2.33. The predicted octanol–water partition coefficient (Wildman–Crippen LogP) is -0.829. The molecule has 0 bridgehead atoms. The first kappa shape index (κ1) is 15.3. The van der Waals surface area contributed by atoms with Crippen LogP contribution in [-0.4, -0.2) is 82.8 Å². The number of aliphatic hydroxyl groups is 1. The Morgan fingerprint density at radius 1 is 1.32 bits per heavy atom. The highest BCUT2D eigenvalue weighted by atomic mass is 16.5. The Morgan fingerprint density at radius 3 is 2.86 bits per heavy atom. The smallest absolute Gasteiger partial charge is 0.236 e. The van der Waals surface area contributed by atoms with Gasteiger partial charge in [-0.1, -0.05) is 0 Å². The zero-order valence-corrected chi connectivity index (χ0v) is 12.6. The Morgan fingerprint density at radius 2 is 2.14 bits per heavy atom. The van der Waals surface area contributed by atoms with Gasteiger partial charge < -0.3 is 14.7 Å². The lowest BCUT2D eigenvalue weighted by molar-refractivity contribution is -0.136. The highest BCUT2D eigenvalue weighted by Crippen LogP contribution is 2.20. The molecule has 0 radical (unpaired) electrons. The zero-order chi connectivity index (χ0) is 15.4. The van der Waals surface area contributed by atoms with Gasteiger partial charge in [0.1, 0.15) is 0 Å². The summed E-state index contributed by atoms with van der Waals surface area (Å²) in [4.78, 5) is 24.4. The number of nitrogens with zero attached hydrogens (tertiary/aromatic N) is 4. The molecule has 0 aromatic carbocycles. The van der Waals surface area contributed by atoms with Crippen LogP contribution in [0.2, 0.25) is 0 Å². The van der Waals surface area contributed by atoms with Crippen LogP contribution in [0.15, 0.2) is 18.6 Å². The second kappa shape index (κ2) is 7.13. The van der Waals surface area contributed by atoms with Crippen molar-refractivity contribution in [1.82, 2.24) is 19.8 Å². The maximum Gasteiger partial charge on any atom is 0.236 e. The number of carbonyl (C=O) groups is 1. The molecule has 3 heterocycles. The number of aliphatic hydroxyl groups excluding tert-OH is 1. The topological polar surface area (TPSA) is 78.8 Å². The van der Waals surface area contributed by atoms with Crippen molar-refractivity contribution in [2.45, 2.75) is 12.5 Å². The first-order valence-electron chi connectivity index (χ1n) is 7.73. The lowest BCUT2D eigenvalue weighted by Crippen LogP contribution is -2.45. The van der Waals surface area contributed by atoms with Crippen molar-refractivity contribution >= 4 is 5.91 Å². The van der Waals surface area contributed by atoms with Crippen LogP contribution < -0.4 is 0 Å². The average Bonchev–Trinajstić information content (AvgIpc) is 2.88. The van der Waals surface area contributed by atoms with Gasteiger partial charge in [-0.25, -0.2) is 0 Å². The van der Waals surface area contributed by atoms with Crippen LogP contribution in [0.3, 0.4) is 0 Å². The number of carbonyl (C=O) groups excluding carboxylic acids is 1. The molecule has 22 heavy (non-hydrogen) atoms. The van der Waals surface area contributed by atoms with E-state index in [1.165, 1.54) is 0 Å². The van der Waals surface area contributed by atoms with Crippen LogP contribution in [0.25, 0.3) is 0 Å². The Hall–Kier alpha value is -1.57. The van der Waals surface area contributed by atoms with Crippen LogP contribution >= 0.6 is 0 Å². The third-order valence-corrected chi connectivity index (χ3v) is 4.29. The van der Waals surface area contributed by atoms with Gasteiger partial charge in [-0.05, 0) is 6.42 Å². The summed E-state index contributed by atoms with van der Waals surface area (Å²) in [5, 5.41) is 10.2. The van der Waals surface area contributed by atoms with Crippen LogP contribution in [-0.2, 0) is 16.0 Å². The molecule has 3 rings (SSSR count). The second-order valence-electron chi connectivity index (χ2n) is 5.92. The van der Waals surface area contributed by atoms with Gasteiger partial charge in [0.05, 0.1) is 31.6 Å². The lowest BCUT2D eigenvalue weighted by atomic mass is 10.0. The molecule has 2 fully saturated rings. The minimum absolute atomic E-state index is 0.106. The number of likely N-dealkylation sites (tertiary alicyclic amines) is 1. The normalized spacial score (nSPS) is 26.3. The monoisotopic (exact) mass is 306 g/mol. The van der Waals surface area contributed by atoms with Gasteiger partial charge in [-0.15, -0.1) is 0 Å². The molecule has 1 aromatic heterocycles. The number of aromatic nitrogens is 2. The first-order chi connectivity index (χ1) is 10.7. The van der Waals surface area contributed by atoms with E-state index in [0.29, 0.717) is 52.4 Å². The highest BCUT2D eigenvalue weighted by molar-refractivity contribution is 5.78. The average molecular weight is 306 g/mol. The largest absolute Gasteiger partial charge is 0.391 e. The van der Waals surface area contributed by atoms with Crippen LogP contribution in [0, 0.1) is 5.92 Å². The standard InChI is InChI=1S/C15H22N4O3/c20-14-10-18(11-15(21)19-3-5-22-6-4-19)9-12(14)7-13-8-16-1-2-17-13/h1-2,8,12,14,20H,3-7,9-11H2/t12-,14-/m1/s1. The van der Waals surface area contributed by atoms with Crippen LogP contribution in [0.1, 0.15) is 5.69 Å². The molecule has 120 valence electrons. The zero-order valence-electron chi connectivity index (χ0n) is 12.6. The fraction of sp³-hybridized carbons (Fsp3) is 0.667. The van der Waals surface area contributed by atoms with E-state index < -0.39 is 6.10 Å². The Balaban J connectivity index is 1.51. The Kier molecular flexibility index (Phi) is 4.97. The van der Waals surface area contributed by atoms with Gasteiger partial charge in [-0.3, -0.25) is 19.7 Å². The van der Waals surface area contributed by atoms with Gasteiger partial charge in [0.15, 0.2) is 0 Å². The maximum absolute atomic E-state index is 12.3. The Labute approximate surface area is 129 Å². The molecule has 7 heteroatoms. The van der Waals surface area contributed by atoms with Gasteiger partial charge in [0.25, 0.3) is 0 Å². The quantitative estimate of drug-likeness (QED) is 0.782. The number of amides is 1. The van der Waals surface area contributed by atoms with E-state index in [2.05, 4.69) is 9.97 Å². The molecule has 2 saturated heterocycles. The molecule has 0 aliphatic carbocycles. The van der Waals surface area contributed by atoms with Crippen molar-refractivity contribution in [3.05, 3.63) is 24.3 Å². The molecule has 0 saturated carbocycles. The minimum atomic E-state index is -0.417. The third kappa shape index (κ3) is 3.79. The van der Waals surface area contributed by atoms with Gasteiger partial charge in [-0.2, -0.15) is 0 Å². The molecule has 1 amide bonds. The summed E-state index contributed by atoms with van der Waals surface area (Å²) < 4.78 is 5.26. The van der Waals surface area contributed by atoms with Gasteiger partial charge >= 0.3 is 0 Å². The Bertz CT molecular complexity index is 493. The summed E-state index contributed by atoms with van der Waals surface area (Å²) >= 11 is 0. The van der Waals surface area contributed by atoms with Crippen molar-refractivity contribution in [2.75, 3.05) is 45.9 Å². The number of ether oxygens (including phenoxy) is 1. The summed E-state index contributed by atoms with van der Waals surface area (Å²) in [6.07, 6.45) is 5.31. The second-order valence-corrected chi connectivity index (χ2v) is 5.92. The molecule has 2 aliphatic rings. The van der Waals surface area contributed by atoms with Crippen molar-refractivity contribution in [1.29, 1.82) is 0 Å². The van der Waals surface area contributed by atoms with Crippen molar-refractivity contribution in [3.63, 3.8) is 0 Å². The van der Waals surface area contributed by atoms with Gasteiger partial charge in [0.2, 0.25) is 5.91 Å². The SMILES string of the molecule is O=C(CN1C[C@@H](Cc2cnccn2)[C@H](O)C1)N1CCOCC1. The summed E-state index contributed by atoms with van der Waals surface area (Å²) in [7, 11) is 0. The molecule has 0 unspecified atom stereocenters. The molecular weight excluding hydrogens is 284 g/mol. The fourth-order valence-corrected chi connectivity index (χ4v) is 3.08. The van der Waals surface area contributed by atoms with Crippen molar-refractivity contribution in [3.8, 4) is 0 Å². The first-order valence-corrected chi connectivity index (χ1v) is 7.73. The number of hydrogen-bond acceptors (Lipinski definition) is 6. The summed E-state index contributed by atoms with van der Waals surface area (Å²) in [6.45, 7) is 4.19. The van der Waals surface area contributed by atoms with E-state index in [-0.39, 0.29) is 11.8 Å². The summed E-state index contributed by atoms with van der Waals surface area (Å²) in [5.41, 5.74) is 0.882. The summed E-state index contributed by atoms with van der Waals surface area (Å²) in [5.74, 6) is 0.227. The molecule has 1 aromatic rings. The molecule has 0 spiro atoms. The number of hydrogen-bond donors (Lipinski definition) is 1. The minimum Gasteiger partial charge on any atom is -0.391 e. The number of rotatable bonds is 4. The molecule has 2 aliphatic heterocycles. The van der Waals surface area contributed by atoms with E-state index in [1.807, 2.05) is 9.80 Å².